The lowest BCUT2D eigenvalue weighted by Crippen LogP contribution is -2.43. The number of rotatable bonds is 5. The van der Waals surface area contributed by atoms with Crippen LogP contribution in [0.25, 0.3) is 0 Å². The van der Waals surface area contributed by atoms with Crippen LogP contribution in [0.15, 0.2) is 24.3 Å². The van der Waals surface area contributed by atoms with Crippen LogP contribution in [0.4, 0.5) is 0 Å². The first-order valence-corrected chi connectivity index (χ1v) is 8.28. The highest BCUT2D eigenvalue weighted by Gasteiger charge is 2.27. The van der Waals surface area contributed by atoms with E-state index in [1.165, 1.54) is 0 Å². The Hall–Kier alpha value is -1.55. The molecule has 5 heteroatoms. The molecule has 0 spiro atoms. The lowest BCUT2D eigenvalue weighted by molar-refractivity contribution is -0.135. The van der Waals surface area contributed by atoms with Crippen molar-refractivity contribution in [3.8, 4) is 0 Å². The quantitative estimate of drug-likeness (QED) is 0.906. The monoisotopic (exact) mass is 322 g/mol. The number of benzene rings is 1. The Labute approximate surface area is 136 Å². The molecule has 1 fully saturated rings. The fraction of sp³-hybridized carbons (Fsp3) is 0.529. The van der Waals surface area contributed by atoms with E-state index < -0.39 is 0 Å². The van der Waals surface area contributed by atoms with Gasteiger partial charge >= 0.3 is 0 Å². The first-order chi connectivity index (χ1) is 10.6. The average Bonchev–Trinajstić information content (AvgIpc) is 2.55. The molecule has 0 saturated carbocycles. The van der Waals surface area contributed by atoms with Crippen LogP contribution >= 0.6 is 11.6 Å². The number of hydrogen-bond acceptors (Lipinski definition) is 2. The number of nitrogens with one attached hydrogen (secondary N) is 1. The Kier molecular flexibility index (Phi) is 6.25. The van der Waals surface area contributed by atoms with Crippen molar-refractivity contribution in [1.29, 1.82) is 0 Å². The molecule has 0 radical (unpaired) electrons. The van der Waals surface area contributed by atoms with Gasteiger partial charge in [-0.15, -0.1) is 0 Å². The summed E-state index contributed by atoms with van der Waals surface area (Å²) in [5.41, 5.74) is 0.858. The lowest BCUT2D eigenvalue weighted by Gasteiger charge is -2.31. The molecule has 1 N–H and O–H groups in total. The maximum Gasteiger partial charge on any atom is 0.227 e. The summed E-state index contributed by atoms with van der Waals surface area (Å²) < 4.78 is 0. The third-order valence-corrected chi connectivity index (χ3v) is 4.44. The Balaban J connectivity index is 1.82. The van der Waals surface area contributed by atoms with E-state index >= 15 is 0 Å². The molecule has 120 valence electrons. The van der Waals surface area contributed by atoms with Gasteiger partial charge in [0.15, 0.2) is 0 Å². The van der Waals surface area contributed by atoms with Crippen LogP contribution < -0.4 is 5.32 Å². The van der Waals surface area contributed by atoms with Crippen LogP contribution in [0.3, 0.4) is 0 Å². The summed E-state index contributed by atoms with van der Waals surface area (Å²) in [4.78, 5) is 26.1. The van der Waals surface area contributed by atoms with Gasteiger partial charge in [0, 0.05) is 30.6 Å². The molecule has 0 aromatic heterocycles. The minimum atomic E-state index is 0.0379. The van der Waals surface area contributed by atoms with Gasteiger partial charge in [0.25, 0.3) is 0 Å². The maximum absolute atomic E-state index is 12.3. The molecular formula is C17H23ClN2O2. The Morgan fingerprint density at radius 3 is 2.59 bits per heavy atom. The lowest BCUT2D eigenvalue weighted by atomic mass is 9.95. The fourth-order valence-corrected chi connectivity index (χ4v) is 2.90. The molecule has 1 aliphatic rings. The van der Waals surface area contributed by atoms with Crippen molar-refractivity contribution in [2.45, 2.75) is 32.6 Å². The molecule has 1 aromatic rings. The van der Waals surface area contributed by atoms with E-state index in [1.807, 2.05) is 30.0 Å². The van der Waals surface area contributed by atoms with Gasteiger partial charge in [-0.25, -0.2) is 0 Å². The molecule has 0 atom stereocenters. The smallest absolute Gasteiger partial charge is 0.227 e. The van der Waals surface area contributed by atoms with Crippen molar-refractivity contribution in [1.82, 2.24) is 10.2 Å². The fourth-order valence-electron chi connectivity index (χ4n) is 2.70. The minimum Gasteiger partial charge on any atom is -0.356 e. The number of amides is 2. The number of carbonyl (C=O) groups is 2. The summed E-state index contributed by atoms with van der Waals surface area (Å²) in [5, 5.41) is 3.56. The molecule has 2 rings (SSSR count). The van der Waals surface area contributed by atoms with Crippen molar-refractivity contribution in [2.24, 2.45) is 5.92 Å². The van der Waals surface area contributed by atoms with E-state index in [9.17, 15) is 9.59 Å². The van der Waals surface area contributed by atoms with Crippen molar-refractivity contribution in [2.75, 3.05) is 19.6 Å². The van der Waals surface area contributed by atoms with Crippen LogP contribution in [0.5, 0.6) is 0 Å². The van der Waals surface area contributed by atoms with Crippen molar-refractivity contribution in [3.05, 3.63) is 34.9 Å². The SMILES string of the molecule is CCCNC(=O)C1CCN(C(=O)Cc2ccccc2Cl)CC1. The number of halogens is 1. The van der Waals surface area contributed by atoms with Gasteiger partial charge in [0.1, 0.15) is 0 Å². The molecule has 1 aromatic carbocycles. The summed E-state index contributed by atoms with van der Waals surface area (Å²) in [7, 11) is 0. The van der Waals surface area contributed by atoms with Crippen LogP contribution in [0.2, 0.25) is 5.02 Å². The van der Waals surface area contributed by atoms with E-state index in [-0.39, 0.29) is 17.7 Å². The van der Waals surface area contributed by atoms with E-state index in [4.69, 9.17) is 11.6 Å². The van der Waals surface area contributed by atoms with E-state index in [0.717, 1.165) is 31.4 Å². The normalized spacial score (nSPS) is 15.6. The number of piperidine rings is 1. The highest BCUT2D eigenvalue weighted by Crippen LogP contribution is 2.20. The zero-order chi connectivity index (χ0) is 15.9. The summed E-state index contributed by atoms with van der Waals surface area (Å²) in [5.74, 6) is 0.247. The predicted molar refractivity (Wildman–Crippen MR) is 87.8 cm³/mol. The van der Waals surface area contributed by atoms with E-state index in [0.29, 0.717) is 24.5 Å². The van der Waals surface area contributed by atoms with Gasteiger partial charge in [-0.3, -0.25) is 9.59 Å². The van der Waals surface area contributed by atoms with Crippen molar-refractivity contribution in [3.63, 3.8) is 0 Å². The largest absolute Gasteiger partial charge is 0.356 e. The van der Waals surface area contributed by atoms with Gasteiger partial charge in [0.05, 0.1) is 6.42 Å². The molecule has 0 aliphatic carbocycles. The number of nitrogens with zero attached hydrogens (tertiary/aromatic N) is 1. The number of likely N-dealkylation sites (tertiary alicyclic amines) is 1. The summed E-state index contributed by atoms with van der Waals surface area (Å²) >= 11 is 6.10. The summed E-state index contributed by atoms with van der Waals surface area (Å²) in [6, 6.07) is 7.43. The molecule has 2 amide bonds. The second-order valence-corrected chi connectivity index (χ2v) is 6.12. The highest BCUT2D eigenvalue weighted by atomic mass is 35.5. The molecule has 0 bridgehead atoms. The van der Waals surface area contributed by atoms with Gasteiger partial charge < -0.3 is 10.2 Å². The zero-order valence-corrected chi connectivity index (χ0v) is 13.7. The van der Waals surface area contributed by atoms with Crippen LogP contribution in [0, 0.1) is 5.92 Å². The molecule has 1 aliphatic heterocycles. The van der Waals surface area contributed by atoms with Gasteiger partial charge in [-0.2, -0.15) is 0 Å². The first-order valence-electron chi connectivity index (χ1n) is 7.90. The van der Waals surface area contributed by atoms with E-state index in [1.54, 1.807) is 6.07 Å². The molecule has 4 nitrogen and oxygen atoms in total. The third-order valence-electron chi connectivity index (χ3n) is 4.07. The molecular weight excluding hydrogens is 300 g/mol. The molecule has 1 saturated heterocycles. The molecule has 22 heavy (non-hydrogen) atoms. The highest BCUT2D eigenvalue weighted by molar-refractivity contribution is 6.31. The second kappa shape index (κ2) is 8.18. The molecule has 1 heterocycles. The number of hydrogen-bond donors (Lipinski definition) is 1. The third kappa shape index (κ3) is 4.47. The van der Waals surface area contributed by atoms with Gasteiger partial charge in [-0.1, -0.05) is 36.7 Å². The maximum atomic E-state index is 12.3. The van der Waals surface area contributed by atoms with Crippen LogP contribution in [-0.2, 0) is 16.0 Å². The van der Waals surface area contributed by atoms with Crippen molar-refractivity contribution >= 4 is 23.4 Å². The second-order valence-electron chi connectivity index (χ2n) is 5.71. The molecule has 0 unspecified atom stereocenters. The minimum absolute atomic E-state index is 0.0379. The summed E-state index contributed by atoms with van der Waals surface area (Å²) in [6.07, 6.45) is 2.75. The van der Waals surface area contributed by atoms with Crippen LogP contribution in [-0.4, -0.2) is 36.3 Å². The number of carbonyl (C=O) groups excluding carboxylic acids is 2. The average molecular weight is 323 g/mol. The van der Waals surface area contributed by atoms with Crippen molar-refractivity contribution < 1.29 is 9.59 Å². The predicted octanol–water partition coefficient (Wildman–Crippen LogP) is 2.65. The Bertz CT molecular complexity index is 525. The van der Waals surface area contributed by atoms with E-state index in [2.05, 4.69) is 5.32 Å². The first kappa shape index (κ1) is 16.8. The zero-order valence-electron chi connectivity index (χ0n) is 13.0. The van der Waals surface area contributed by atoms with Gasteiger partial charge in [0.2, 0.25) is 11.8 Å². The van der Waals surface area contributed by atoms with Gasteiger partial charge in [-0.05, 0) is 30.9 Å². The standard InChI is InChI=1S/C17H23ClN2O2/c1-2-9-19-17(22)13-7-10-20(11-8-13)16(21)12-14-5-3-4-6-15(14)18/h3-6,13H,2,7-12H2,1H3,(H,19,22). The van der Waals surface area contributed by atoms with Crippen LogP contribution in [0.1, 0.15) is 31.7 Å². The topological polar surface area (TPSA) is 49.4 Å². The summed E-state index contributed by atoms with van der Waals surface area (Å²) in [6.45, 7) is 4.06. The Morgan fingerprint density at radius 2 is 1.95 bits per heavy atom. The Morgan fingerprint density at radius 1 is 1.27 bits per heavy atom.